The van der Waals surface area contributed by atoms with E-state index in [9.17, 15) is 8.42 Å². The van der Waals surface area contributed by atoms with Crippen molar-refractivity contribution < 1.29 is 8.42 Å². The van der Waals surface area contributed by atoms with Crippen LogP contribution < -0.4 is 10.0 Å². The Hall–Kier alpha value is -0.660. The van der Waals surface area contributed by atoms with Crippen molar-refractivity contribution in [2.75, 3.05) is 27.2 Å². The molecule has 0 bridgehead atoms. The quantitative estimate of drug-likeness (QED) is 0.846. The number of nitrogens with one attached hydrogen (secondary N) is 2. The van der Waals surface area contributed by atoms with Crippen LogP contribution in [0.1, 0.15) is 18.9 Å². The van der Waals surface area contributed by atoms with Crippen molar-refractivity contribution in [2.45, 2.75) is 30.8 Å². The third-order valence-corrected chi connectivity index (χ3v) is 5.37. The highest BCUT2D eigenvalue weighted by atomic mass is 35.5. The van der Waals surface area contributed by atoms with Crippen molar-refractivity contribution in [3.05, 3.63) is 29.8 Å². The van der Waals surface area contributed by atoms with E-state index < -0.39 is 10.0 Å². The Kier molecular flexibility index (Phi) is 7.28. The molecule has 1 aromatic rings. The van der Waals surface area contributed by atoms with E-state index in [1.807, 2.05) is 26.2 Å². The molecule has 22 heavy (non-hydrogen) atoms. The molecule has 0 aromatic heterocycles. The lowest BCUT2D eigenvalue weighted by Crippen LogP contribution is -2.50. The molecule has 126 valence electrons. The zero-order chi connectivity index (χ0) is 15.5. The third kappa shape index (κ3) is 5.21. The number of rotatable bonds is 5. The molecule has 1 fully saturated rings. The van der Waals surface area contributed by atoms with Gasteiger partial charge in [0.1, 0.15) is 0 Å². The van der Waals surface area contributed by atoms with Crippen LogP contribution in [0.15, 0.2) is 29.2 Å². The lowest BCUT2D eigenvalue weighted by Gasteiger charge is -2.30. The molecule has 1 saturated heterocycles. The van der Waals surface area contributed by atoms with Crippen molar-refractivity contribution in [1.29, 1.82) is 0 Å². The van der Waals surface area contributed by atoms with Gasteiger partial charge in [0.15, 0.2) is 0 Å². The highest BCUT2D eigenvalue weighted by Crippen LogP contribution is 2.16. The fourth-order valence-corrected chi connectivity index (χ4v) is 3.90. The number of hydrogen-bond acceptors (Lipinski definition) is 4. The first-order valence-electron chi connectivity index (χ1n) is 7.35. The molecule has 0 amide bonds. The Balaban J connectivity index is 0.00000242. The number of benzene rings is 1. The van der Waals surface area contributed by atoms with E-state index in [4.69, 9.17) is 0 Å². The van der Waals surface area contributed by atoms with Gasteiger partial charge in [-0.15, -0.1) is 12.4 Å². The third-order valence-electron chi connectivity index (χ3n) is 3.87. The van der Waals surface area contributed by atoms with Crippen LogP contribution >= 0.6 is 12.4 Å². The first-order chi connectivity index (χ1) is 9.88. The lowest BCUT2D eigenvalue weighted by molar-refractivity contribution is 0.327. The molecular weight excluding hydrogens is 322 g/mol. The van der Waals surface area contributed by atoms with Gasteiger partial charge in [0.2, 0.25) is 10.0 Å². The first-order valence-corrected chi connectivity index (χ1v) is 8.83. The minimum Gasteiger partial charge on any atom is -0.315 e. The van der Waals surface area contributed by atoms with Crippen LogP contribution in [0, 0.1) is 5.92 Å². The van der Waals surface area contributed by atoms with Crippen LogP contribution in [-0.4, -0.2) is 46.5 Å². The second kappa shape index (κ2) is 8.26. The Morgan fingerprint density at radius 3 is 2.45 bits per heavy atom. The van der Waals surface area contributed by atoms with E-state index in [0.29, 0.717) is 17.4 Å². The van der Waals surface area contributed by atoms with Gasteiger partial charge in [-0.05, 0) is 50.7 Å². The number of piperidine rings is 1. The average molecular weight is 348 g/mol. The second-order valence-corrected chi connectivity index (χ2v) is 7.79. The molecule has 1 aliphatic rings. The monoisotopic (exact) mass is 347 g/mol. The summed E-state index contributed by atoms with van der Waals surface area (Å²) >= 11 is 0. The largest absolute Gasteiger partial charge is 0.315 e. The van der Waals surface area contributed by atoms with E-state index in [2.05, 4.69) is 21.9 Å². The summed E-state index contributed by atoms with van der Waals surface area (Å²) in [6.07, 6.45) is 0.995. The second-order valence-electron chi connectivity index (χ2n) is 6.08. The van der Waals surface area contributed by atoms with E-state index in [-0.39, 0.29) is 18.4 Å². The summed E-state index contributed by atoms with van der Waals surface area (Å²) in [5.41, 5.74) is 1.10. The Labute approximate surface area is 139 Å². The van der Waals surface area contributed by atoms with Crippen LogP contribution in [-0.2, 0) is 16.6 Å². The number of halogens is 1. The van der Waals surface area contributed by atoms with Crippen LogP contribution in [0.4, 0.5) is 0 Å². The van der Waals surface area contributed by atoms with Crippen LogP contribution in [0.25, 0.3) is 0 Å². The van der Waals surface area contributed by atoms with Gasteiger partial charge in [0.05, 0.1) is 4.90 Å². The summed E-state index contributed by atoms with van der Waals surface area (Å²) in [5.74, 6) is 0.356. The molecule has 2 atom stereocenters. The molecule has 1 aliphatic heterocycles. The van der Waals surface area contributed by atoms with Gasteiger partial charge in [-0.1, -0.05) is 19.1 Å². The summed E-state index contributed by atoms with van der Waals surface area (Å²) < 4.78 is 27.7. The zero-order valence-corrected chi connectivity index (χ0v) is 15.0. The summed E-state index contributed by atoms with van der Waals surface area (Å²) in [6, 6.07) is 7.07. The first kappa shape index (κ1) is 19.4. The predicted octanol–water partition coefficient (Wildman–Crippen LogP) is 1.45. The summed E-state index contributed by atoms with van der Waals surface area (Å²) in [6.45, 7) is 4.54. The summed E-state index contributed by atoms with van der Waals surface area (Å²) in [4.78, 5) is 2.39. The SMILES string of the molecule is CC1CCNCC1NS(=O)(=O)c1ccc(CN(C)C)cc1.Cl. The minimum atomic E-state index is -3.44. The fraction of sp³-hybridized carbons (Fsp3) is 0.600. The maximum absolute atomic E-state index is 12.4. The summed E-state index contributed by atoms with van der Waals surface area (Å²) in [7, 11) is 0.538. The van der Waals surface area contributed by atoms with Gasteiger partial charge < -0.3 is 10.2 Å². The topological polar surface area (TPSA) is 61.4 Å². The van der Waals surface area contributed by atoms with E-state index >= 15 is 0 Å². The Morgan fingerprint density at radius 2 is 1.91 bits per heavy atom. The molecule has 0 spiro atoms. The molecule has 2 rings (SSSR count). The van der Waals surface area contributed by atoms with E-state index in [1.54, 1.807) is 12.1 Å². The van der Waals surface area contributed by atoms with Crippen LogP contribution in [0.5, 0.6) is 0 Å². The maximum atomic E-state index is 12.4. The van der Waals surface area contributed by atoms with Crippen LogP contribution in [0.2, 0.25) is 0 Å². The average Bonchev–Trinajstić information content (AvgIpc) is 2.41. The van der Waals surface area contributed by atoms with Crippen molar-refractivity contribution in [1.82, 2.24) is 14.9 Å². The molecule has 5 nitrogen and oxygen atoms in total. The molecule has 0 radical (unpaired) electrons. The molecule has 1 heterocycles. The van der Waals surface area contributed by atoms with E-state index in [1.165, 1.54) is 0 Å². The molecule has 0 saturated carbocycles. The fourth-order valence-electron chi connectivity index (χ4n) is 2.55. The maximum Gasteiger partial charge on any atom is 0.240 e. The van der Waals surface area contributed by atoms with Crippen molar-refractivity contribution >= 4 is 22.4 Å². The highest BCUT2D eigenvalue weighted by Gasteiger charge is 2.26. The van der Waals surface area contributed by atoms with Crippen molar-refractivity contribution in [3.8, 4) is 0 Å². The number of nitrogens with zero attached hydrogens (tertiary/aromatic N) is 1. The molecule has 0 aliphatic carbocycles. The van der Waals surface area contributed by atoms with E-state index in [0.717, 1.165) is 25.1 Å². The highest BCUT2D eigenvalue weighted by molar-refractivity contribution is 7.89. The molecular formula is C15H26ClN3O2S. The normalized spacial score (nSPS) is 22.4. The lowest BCUT2D eigenvalue weighted by atomic mass is 9.96. The van der Waals surface area contributed by atoms with Gasteiger partial charge in [-0.25, -0.2) is 13.1 Å². The minimum absolute atomic E-state index is 0. The number of sulfonamides is 1. The number of hydrogen-bond donors (Lipinski definition) is 2. The Bertz CT molecular complexity index is 561. The molecule has 1 aromatic carbocycles. The van der Waals surface area contributed by atoms with Gasteiger partial charge in [0.25, 0.3) is 0 Å². The molecule has 7 heteroatoms. The van der Waals surface area contributed by atoms with Gasteiger partial charge in [0, 0.05) is 19.1 Å². The smallest absolute Gasteiger partial charge is 0.240 e. The van der Waals surface area contributed by atoms with Crippen LogP contribution in [0.3, 0.4) is 0 Å². The van der Waals surface area contributed by atoms with Gasteiger partial charge >= 0.3 is 0 Å². The molecule has 2 N–H and O–H groups in total. The van der Waals surface area contributed by atoms with Gasteiger partial charge in [-0.3, -0.25) is 0 Å². The van der Waals surface area contributed by atoms with Crippen molar-refractivity contribution in [3.63, 3.8) is 0 Å². The van der Waals surface area contributed by atoms with Crippen molar-refractivity contribution in [2.24, 2.45) is 5.92 Å². The zero-order valence-electron chi connectivity index (χ0n) is 13.4. The molecule has 2 unspecified atom stereocenters. The standard InChI is InChI=1S/C15H25N3O2S.ClH/c1-12-8-9-16-10-15(12)17-21(19,20)14-6-4-13(5-7-14)11-18(2)3;/h4-7,12,15-17H,8-11H2,1-3H3;1H. The van der Waals surface area contributed by atoms with Gasteiger partial charge in [-0.2, -0.15) is 0 Å². The predicted molar refractivity (Wildman–Crippen MR) is 91.8 cm³/mol. The summed E-state index contributed by atoms with van der Waals surface area (Å²) in [5, 5.41) is 3.24. The Morgan fingerprint density at radius 1 is 1.27 bits per heavy atom.